The van der Waals surface area contributed by atoms with E-state index >= 15 is 0 Å². The normalized spacial score (nSPS) is 14.3. The number of hydrogen-bond donors (Lipinski definition) is 1. The third kappa shape index (κ3) is 4.53. The highest BCUT2D eigenvalue weighted by Crippen LogP contribution is 2.30. The van der Waals surface area contributed by atoms with Gasteiger partial charge in [-0.25, -0.2) is 9.97 Å². The van der Waals surface area contributed by atoms with Crippen LogP contribution in [0.5, 0.6) is 0 Å². The van der Waals surface area contributed by atoms with Crippen LogP contribution in [0.4, 0.5) is 10.3 Å². The number of carbonyl (C=O) groups excluding carboxylic acids is 2. The molecule has 36 heavy (non-hydrogen) atoms. The standard InChI is InChI=1S/C25H21N7O2S2/c1-15-19(22(33)31(2)3)27-24(36-15)29-28-21-20(17-12-8-5-9-13-17)30-32(23(21)34)25-26-18(14-35-25)16-10-6-4-7-11-16/h4-14H,1-3H3,(H,27,29)/b28-21-. The van der Waals surface area contributed by atoms with Gasteiger partial charge in [0.05, 0.1) is 5.69 Å². The van der Waals surface area contributed by atoms with Crippen LogP contribution >= 0.6 is 22.7 Å². The first kappa shape index (κ1) is 23.5. The topological polar surface area (TPSA) is 103 Å². The first-order valence-corrected chi connectivity index (χ1v) is 12.6. The van der Waals surface area contributed by atoms with Gasteiger partial charge < -0.3 is 4.90 Å². The molecule has 0 radical (unpaired) electrons. The number of nitrogens with one attached hydrogen (secondary N) is 1. The fourth-order valence-electron chi connectivity index (χ4n) is 3.48. The summed E-state index contributed by atoms with van der Waals surface area (Å²) in [6.45, 7) is 1.82. The van der Waals surface area contributed by atoms with E-state index in [0.29, 0.717) is 21.7 Å². The summed E-state index contributed by atoms with van der Waals surface area (Å²) < 4.78 is 0. The highest BCUT2D eigenvalue weighted by atomic mass is 32.1. The molecule has 9 nitrogen and oxygen atoms in total. The Morgan fingerprint density at radius 2 is 1.67 bits per heavy atom. The minimum absolute atomic E-state index is 0.131. The van der Waals surface area contributed by atoms with Gasteiger partial charge in [-0.15, -0.1) is 11.3 Å². The number of hydrazone groups is 2. The summed E-state index contributed by atoms with van der Waals surface area (Å²) in [5.74, 6) is -0.606. The Labute approximate surface area is 215 Å². The zero-order chi connectivity index (χ0) is 25.2. The first-order chi connectivity index (χ1) is 17.4. The maximum Gasteiger partial charge on any atom is 0.303 e. The molecule has 2 amide bonds. The fraction of sp³-hybridized carbons (Fsp3) is 0.120. The molecule has 0 bridgehead atoms. The summed E-state index contributed by atoms with van der Waals surface area (Å²) in [4.78, 5) is 37.0. The van der Waals surface area contributed by atoms with Crippen molar-refractivity contribution in [2.24, 2.45) is 10.2 Å². The zero-order valence-electron chi connectivity index (χ0n) is 19.7. The van der Waals surface area contributed by atoms with Gasteiger partial charge in [0.25, 0.3) is 5.91 Å². The minimum Gasteiger partial charge on any atom is -0.343 e. The van der Waals surface area contributed by atoms with Gasteiger partial charge in [0.2, 0.25) is 10.3 Å². The van der Waals surface area contributed by atoms with Crippen LogP contribution in [0.3, 0.4) is 0 Å². The number of carbonyl (C=O) groups is 2. The second kappa shape index (κ2) is 9.80. The molecule has 0 fully saturated rings. The van der Waals surface area contributed by atoms with Gasteiger partial charge >= 0.3 is 5.91 Å². The van der Waals surface area contributed by atoms with E-state index in [-0.39, 0.29) is 11.6 Å². The molecule has 1 aliphatic rings. The number of rotatable bonds is 6. The second-order valence-corrected chi connectivity index (χ2v) is 10.0. The molecule has 0 saturated heterocycles. The van der Waals surface area contributed by atoms with E-state index in [2.05, 4.69) is 25.6 Å². The van der Waals surface area contributed by atoms with E-state index in [1.54, 1.807) is 14.1 Å². The number of hydrogen-bond acceptors (Lipinski definition) is 9. The smallest absolute Gasteiger partial charge is 0.303 e. The minimum atomic E-state index is -0.409. The third-order valence-corrected chi connectivity index (χ3v) is 6.97. The van der Waals surface area contributed by atoms with Crippen LogP contribution < -0.4 is 10.4 Å². The number of amides is 2. The Morgan fingerprint density at radius 3 is 2.33 bits per heavy atom. The summed E-state index contributed by atoms with van der Waals surface area (Å²) in [5, 5.41) is 13.0. The number of aryl methyl sites for hydroxylation is 1. The number of anilines is 2. The van der Waals surface area contributed by atoms with Crippen molar-refractivity contribution >= 4 is 56.2 Å². The molecular weight excluding hydrogens is 494 g/mol. The molecule has 0 unspecified atom stereocenters. The molecular formula is C25H21N7O2S2. The van der Waals surface area contributed by atoms with Crippen LogP contribution in [0.2, 0.25) is 0 Å². The van der Waals surface area contributed by atoms with E-state index in [4.69, 9.17) is 0 Å². The molecule has 2 aromatic heterocycles. The average molecular weight is 516 g/mol. The molecule has 2 aromatic carbocycles. The van der Waals surface area contributed by atoms with Gasteiger partial charge in [-0.3, -0.25) is 15.0 Å². The molecule has 5 rings (SSSR count). The maximum atomic E-state index is 13.5. The van der Waals surface area contributed by atoms with Crippen molar-refractivity contribution in [2.45, 2.75) is 6.92 Å². The lowest BCUT2D eigenvalue weighted by molar-refractivity contribution is -0.112. The summed E-state index contributed by atoms with van der Waals surface area (Å²) in [7, 11) is 3.34. The zero-order valence-corrected chi connectivity index (χ0v) is 21.3. The van der Waals surface area contributed by atoms with Crippen molar-refractivity contribution in [3.8, 4) is 11.3 Å². The third-order valence-electron chi connectivity index (χ3n) is 5.28. The molecule has 180 valence electrons. The van der Waals surface area contributed by atoms with Crippen LogP contribution in [-0.2, 0) is 4.79 Å². The van der Waals surface area contributed by atoms with Crippen LogP contribution in [0, 0.1) is 6.92 Å². The number of nitrogens with zero attached hydrogens (tertiary/aromatic N) is 6. The highest BCUT2D eigenvalue weighted by molar-refractivity contribution is 7.15. The number of aromatic nitrogens is 2. The number of thiazole rings is 2. The SMILES string of the molecule is Cc1sc(N/N=C2\C(=O)N(c3nc(-c4ccccc4)cs3)N=C2c2ccccc2)nc1C(=O)N(C)C. The quantitative estimate of drug-likeness (QED) is 0.381. The van der Waals surface area contributed by atoms with Gasteiger partial charge in [-0.2, -0.15) is 15.2 Å². The monoisotopic (exact) mass is 515 g/mol. The van der Waals surface area contributed by atoms with Crippen molar-refractivity contribution in [3.05, 3.63) is 82.2 Å². The lowest BCUT2D eigenvalue weighted by Gasteiger charge is -2.07. The van der Waals surface area contributed by atoms with Crippen molar-refractivity contribution in [1.82, 2.24) is 14.9 Å². The lowest BCUT2D eigenvalue weighted by atomic mass is 10.1. The highest BCUT2D eigenvalue weighted by Gasteiger charge is 2.36. The predicted octanol–water partition coefficient (Wildman–Crippen LogP) is 4.50. The Kier molecular flexibility index (Phi) is 6.40. The van der Waals surface area contributed by atoms with E-state index in [1.807, 2.05) is 73.0 Å². The molecule has 0 spiro atoms. The van der Waals surface area contributed by atoms with Gasteiger partial charge in [0, 0.05) is 35.5 Å². The summed E-state index contributed by atoms with van der Waals surface area (Å²) >= 11 is 2.62. The fourth-order valence-corrected chi connectivity index (χ4v) is 5.00. The molecule has 0 atom stereocenters. The van der Waals surface area contributed by atoms with Gasteiger partial charge in [-0.1, -0.05) is 72.0 Å². The van der Waals surface area contributed by atoms with Crippen molar-refractivity contribution in [3.63, 3.8) is 0 Å². The second-order valence-electron chi connectivity index (χ2n) is 8.01. The summed E-state index contributed by atoms with van der Waals surface area (Å²) in [5.41, 5.74) is 6.21. The maximum absolute atomic E-state index is 13.5. The van der Waals surface area contributed by atoms with Gasteiger partial charge in [-0.05, 0) is 6.92 Å². The van der Waals surface area contributed by atoms with Crippen LogP contribution in [0.1, 0.15) is 20.9 Å². The van der Waals surface area contributed by atoms with Gasteiger partial charge in [0.15, 0.2) is 5.71 Å². The van der Waals surface area contributed by atoms with Crippen LogP contribution in [0.15, 0.2) is 76.2 Å². The number of benzene rings is 2. The van der Waals surface area contributed by atoms with E-state index in [1.165, 1.54) is 32.6 Å². The summed E-state index contributed by atoms with van der Waals surface area (Å²) in [6, 6.07) is 19.1. The first-order valence-electron chi connectivity index (χ1n) is 10.9. The Bertz CT molecular complexity index is 1490. The molecule has 0 aliphatic carbocycles. The van der Waals surface area contributed by atoms with Crippen molar-refractivity contribution < 1.29 is 9.59 Å². The van der Waals surface area contributed by atoms with E-state index in [0.717, 1.165) is 21.7 Å². The van der Waals surface area contributed by atoms with Crippen molar-refractivity contribution in [1.29, 1.82) is 0 Å². The predicted molar refractivity (Wildman–Crippen MR) is 144 cm³/mol. The van der Waals surface area contributed by atoms with Crippen LogP contribution in [-0.4, -0.2) is 52.2 Å². The molecule has 0 saturated carbocycles. The van der Waals surface area contributed by atoms with E-state index < -0.39 is 5.91 Å². The average Bonchev–Trinajstić information content (AvgIpc) is 3.60. The summed E-state index contributed by atoms with van der Waals surface area (Å²) in [6.07, 6.45) is 0. The van der Waals surface area contributed by atoms with E-state index in [9.17, 15) is 9.59 Å². The molecule has 1 N–H and O–H groups in total. The largest absolute Gasteiger partial charge is 0.343 e. The molecule has 3 heterocycles. The van der Waals surface area contributed by atoms with Gasteiger partial charge in [0.1, 0.15) is 11.4 Å². The lowest BCUT2D eigenvalue weighted by Crippen LogP contribution is -2.28. The van der Waals surface area contributed by atoms with Crippen molar-refractivity contribution in [2.75, 3.05) is 24.5 Å². The molecule has 1 aliphatic heterocycles. The Hall–Kier alpha value is -4.22. The Balaban J connectivity index is 1.47. The molecule has 11 heteroatoms. The Morgan fingerprint density at radius 1 is 1.00 bits per heavy atom. The molecule has 4 aromatic rings. The van der Waals surface area contributed by atoms with Crippen LogP contribution in [0.25, 0.3) is 11.3 Å².